The maximum atomic E-state index is 13.5. The number of amidine groups is 1. The number of aliphatic imine (C=N–C) groups is 2. The summed E-state index contributed by atoms with van der Waals surface area (Å²) in [5, 5.41) is 4.68. The van der Waals surface area contributed by atoms with Crippen molar-refractivity contribution in [3.63, 3.8) is 0 Å². The Kier molecular flexibility index (Phi) is 7.29. The summed E-state index contributed by atoms with van der Waals surface area (Å²) >= 11 is 0. The number of aryl methyl sites for hydroxylation is 1. The second-order valence-electron chi connectivity index (χ2n) is 9.85. The number of ether oxygens (including phenoxy) is 1. The van der Waals surface area contributed by atoms with Gasteiger partial charge in [0.1, 0.15) is 12.0 Å². The number of rotatable bonds is 8. The second kappa shape index (κ2) is 10.5. The van der Waals surface area contributed by atoms with Crippen molar-refractivity contribution in [2.75, 3.05) is 13.3 Å². The highest BCUT2D eigenvalue weighted by Gasteiger charge is 2.45. The molecule has 4 N–H and O–H groups in total. The van der Waals surface area contributed by atoms with Crippen LogP contribution in [0.2, 0.25) is 0 Å². The van der Waals surface area contributed by atoms with Gasteiger partial charge in [0, 0.05) is 17.6 Å². The molecule has 4 aliphatic rings. The molecule has 2 fully saturated rings. The minimum absolute atomic E-state index is 0.158. The number of hydrazine groups is 1. The molecule has 2 aliphatic carbocycles. The van der Waals surface area contributed by atoms with Gasteiger partial charge in [-0.05, 0) is 62.8 Å². The zero-order valence-corrected chi connectivity index (χ0v) is 22.3. The van der Waals surface area contributed by atoms with Crippen LogP contribution in [0.5, 0.6) is 0 Å². The Hall–Kier alpha value is -3.58. The number of phosphoric acid groups is 1. The van der Waals surface area contributed by atoms with Crippen molar-refractivity contribution < 1.29 is 38.0 Å². The van der Waals surface area contributed by atoms with Gasteiger partial charge in [-0.1, -0.05) is 6.07 Å². The van der Waals surface area contributed by atoms with E-state index in [1.807, 2.05) is 13.0 Å². The van der Waals surface area contributed by atoms with Crippen LogP contribution in [-0.4, -0.2) is 75.2 Å². The molecule has 1 aromatic carbocycles. The summed E-state index contributed by atoms with van der Waals surface area (Å²) in [7, 11) is -4.84. The zero-order chi connectivity index (χ0) is 27.9. The fraction of sp³-hybridized carbons (Fsp3) is 0.458. The summed E-state index contributed by atoms with van der Waals surface area (Å²) in [5.41, 5.74) is 6.11. The lowest BCUT2D eigenvalue weighted by atomic mass is 10.0. The quantitative estimate of drug-likeness (QED) is 0.270. The van der Waals surface area contributed by atoms with Crippen molar-refractivity contribution in [3.05, 3.63) is 40.6 Å². The molecule has 3 amide bonds. The van der Waals surface area contributed by atoms with Crippen LogP contribution < -0.4 is 10.7 Å². The SMILES string of the molecule is CC1=C2C(=Nc3cc(C(=O)NC4CC4)ccc3C)N=CNN2CC1C(=O)N(C(=O)OCOP(=O)(O)O)C1CC1. The van der Waals surface area contributed by atoms with E-state index in [1.165, 1.54) is 6.34 Å². The first-order valence-corrected chi connectivity index (χ1v) is 14.0. The van der Waals surface area contributed by atoms with Crippen LogP contribution >= 0.6 is 7.82 Å². The zero-order valence-electron chi connectivity index (χ0n) is 21.4. The smallest absolute Gasteiger partial charge is 0.421 e. The largest absolute Gasteiger partial charge is 0.472 e. The van der Waals surface area contributed by atoms with E-state index in [2.05, 4.69) is 20.3 Å². The van der Waals surface area contributed by atoms with Crippen molar-refractivity contribution in [1.82, 2.24) is 20.7 Å². The number of fused-ring (bicyclic) bond motifs is 1. The van der Waals surface area contributed by atoms with E-state index in [4.69, 9.17) is 19.5 Å². The number of phosphoric ester groups is 1. The van der Waals surface area contributed by atoms with Gasteiger partial charge >= 0.3 is 13.9 Å². The van der Waals surface area contributed by atoms with Crippen LogP contribution in [0, 0.1) is 12.8 Å². The van der Waals surface area contributed by atoms with Crippen molar-refractivity contribution in [2.24, 2.45) is 15.9 Å². The highest BCUT2D eigenvalue weighted by atomic mass is 31.2. The van der Waals surface area contributed by atoms with Gasteiger partial charge < -0.3 is 19.8 Å². The third-order valence-electron chi connectivity index (χ3n) is 6.80. The fourth-order valence-electron chi connectivity index (χ4n) is 4.39. The molecule has 0 radical (unpaired) electrons. The van der Waals surface area contributed by atoms with E-state index in [-0.39, 0.29) is 24.5 Å². The molecule has 39 heavy (non-hydrogen) atoms. The lowest BCUT2D eigenvalue weighted by Crippen LogP contribution is -2.46. The summed E-state index contributed by atoms with van der Waals surface area (Å²) in [6.07, 6.45) is 3.58. The minimum Gasteiger partial charge on any atom is -0.421 e. The Morgan fingerprint density at radius 1 is 1.23 bits per heavy atom. The van der Waals surface area contributed by atoms with E-state index in [0.717, 1.165) is 23.3 Å². The highest BCUT2D eigenvalue weighted by molar-refractivity contribution is 7.46. The van der Waals surface area contributed by atoms with Gasteiger partial charge in [0.25, 0.3) is 5.91 Å². The molecule has 15 heteroatoms. The summed E-state index contributed by atoms with van der Waals surface area (Å²) in [4.78, 5) is 66.5. The number of hydrogen-bond acceptors (Lipinski definition) is 9. The first kappa shape index (κ1) is 27.0. The minimum atomic E-state index is -4.84. The Morgan fingerprint density at radius 2 is 1.97 bits per heavy atom. The van der Waals surface area contributed by atoms with Gasteiger partial charge in [0.15, 0.2) is 5.84 Å². The maximum absolute atomic E-state index is 13.5. The Bertz CT molecular complexity index is 1350. The van der Waals surface area contributed by atoms with Gasteiger partial charge in [-0.2, -0.15) is 0 Å². The normalized spacial score (nSPS) is 21.5. The first-order valence-electron chi connectivity index (χ1n) is 12.5. The van der Waals surface area contributed by atoms with Gasteiger partial charge in [0.05, 0.1) is 18.2 Å². The lowest BCUT2D eigenvalue weighted by molar-refractivity contribution is -0.133. The number of nitrogens with zero attached hydrogens (tertiary/aromatic N) is 4. The fourth-order valence-corrected chi connectivity index (χ4v) is 4.58. The third kappa shape index (κ3) is 6.19. The molecule has 1 unspecified atom stereocenters. The predicted octanol–water partition coefficient (Wildman–Crippen LogP) is 1.86. The van der Waals surface area contributed by atoms with Crippen molar-refractivity contribution in [2.45, 2.75) is 51.6 Å². The standard InChI is InChI=1S/C24H29N6O8P/c1-13-3-4-15(22(31)27-16-5-6-16)9-19(13)28-21-20-14(2)18(10-29(20)26-11-25-21)23(32)30(17-7-8-17)24(33)37-12-38-39(34,35)36/h3-4,9,11,16-18H,5-8,10,12H2,1-2H3,(H,27,31)(H,25,26,28)(H2,34,35,36). The van der Waals surface area contributed by atoms with Gasteiger partial charge in [-0.15, -0.1) is 0 Å². The number of carbonyl (C=O) groups excluding carboxylic acids is 3. The molecule has 1 aromatic rings. The van der Waals surface area contributed by atoms with E-state index < -0.39 is 32.5 Å². The van der Waals surface area contributed by atoms with Crippen molar-refractivity contribution in [1.29, 1.82) is 0 Å². The predicted molar refractivity (Wildman–Crippen MR) is 138 cm³/mol. The average molecular weight is 561 g/mol. The van der Waals surface area contributed by atoms with Crippen LogP contribution in [0.3, 0.4) is 0 Å². The van der Waals surface area contributed by atoms with Crippen molar-refractivity contribution >= 4 is 43.6 Å². The van der Waals surface area contributed by atoms with Crippen LogP contribution in [0.1, 0.15) is 48.5 Å². The van der Waals surface area contributed by atoms with Crippen LogP contribution in [0.25, 0.3) is 0 Å². The molecular weight excluding hydrogens is 531 g/mol. The molecule has 2 aliphatic heterocycles. The monoisotopic (exact) mass is 560 g/mol. The third-order valence-corrected chi connectivity index (χ3v) is 7.24. The first-order chi connectivity index (χ1) is 18.5. The van der Waals surface area contributed by atoms with Crippen LogP contribution in [-0.2, 0) is 18.6 Å². The topological polar surface area (TPSA) is 182 Å². The van der Waals surface area contributed by atoms with E-state index >= 15 is 0 Å². The van der Waals surface area contributed by atoms with E-state index in [1.54, 1.807) is 24.1 Å². The Morgan fingerprint density at radius 3 is 2.64 bits per heavy atom. The lowest BCUT2D eigenvalue weighted by Gasteiger charge is -2.26. The number of benzene rings is 1. The molecule has 1 atom stereocenters. The molecule has 208 valence electrons. The molecular formula is C24H29N6O8P. The summed E-state index contributed by atoms with van der Waals surface area (Å²) in [5.74, 6) is -1.05. The molecule has 0 aromatic heterocycles. The van der Waals surface area contributed by atoms with Crippen molar-refractivity contribution in [3.8, 4) is 0 Å². The van der Waals surface area contributed by atoms with Gasteiger partial charge in [-0.3, -0.25) is 20.0 Å². The van der Waals surface area contributed by atoms with E-state index in [9.17, 15) is 18.9 Å². The second-order valence-corrected chi connectivity index (χ2v) is 11.1. The van der Waals surface area contributed by atoms with Crippen LogP contribution in [0.15, 0.2) is 39.5 Å². The maximum Gasteiger partial charge on any atom is 0.472 e. The summed E-state index contributed by atoms with van der Waals surface area (Å²) in [6.45, 7) is 2.85. The number of nitrogens with one attached hydrogen (secondary N) is 2. The van der Waals surface area contributed by atoms with Crippen LogP contribution in [0.4, 0.5) is 10.5 Å². The van der Waals surface area contributed by atoms with E-state index in [0.29, 0.717) is 41.2 Å². The molecule has 2 heterocycles. The molecule has 0 saturated heterocycles. The molecule has 2 saturated carbocycles. The summed E-state index contributed by atoms with van der Waals surface area (Å²) in [6, 6.07) is 5.14. The number of imide groups is 1. The number of hydrogen-bond donors (Lipinski definition) is 4. The molecule has 5 rings (SSSR count). The average Bonchev–Trinajstić information content (AvgIpc) is 3.80. The Labute approximate surface area is 224 Å². The number of amides is 3. The summed E-state index contributed by atoms with van der Waals surface area (Å²) < 4.78 is 19.9. The molecule has 0 bridgehead atoms. The van der Waals surface area contributed by atoms with Gasteiger partial charge in [-0.25, -0.2) is 28.8 Å². The Balaban J connectivity index is 1.37. The highest BCUT2D eigenvalue weighted by Crippen LogP contribution is 2.37. The number of carbonyl (C=O) groups is 3. The molecule has 14 nitrogen and oxygen atoms in total. The molecule has 0 spiro atoms. The van der Waals surface area contributed by atoms with Gasteiger partial charge in [0.2, 0.25) is 12.7 Å².